The first-order chi connectivity index (χ1) is 10.6. The predicted octanol–water partition coefficient (Wildman–Crippen LogP) is 2.56. The smallest absolute Gasteiger partial charge is 0.314 e. The quantitative estimate of drug-likeness (QED) is 0.875. The molecule has 0 spiro atoms. The van der Waals surface area contributed by atoms with E-state index in [2.05, 4.69) is 37.7 Å². The maximum absolute atomic E-state index is 11.1. The van der Waals surface area contributed by atoms with E-state index >= 15 is 0 Å². The molecule has 1 aliphatic rings. The van der Waals surface area contributed by atoms with Crippen LogP contribution in [0.1, 0.15) is 19.3 Å². The zero-order valence-corrected chi connectivity index (χ0v) is 13.9. The Morgan fingerprint density at radius 2 is 2.14 bits per heavy atom. The highest BCUT2D eigenvalue weighted by Gasteiger charge is 2.21. The lowest BCUT2D eigenvalue weighted by Gasteiger charge is -2.30. The summed E-state index contributed by atoms with van der Waals surface area (Å²) in [4.78, 5) is 17.1. The normalized spacial score (nSPS) is 16.3. The van der Waals surface area contributed by atoms with Crippen LogP contribution in [-0.2, 0) is 6.54 Å². The van der Waals surface area contributed by atoms with E-state index in [4.69, 9.17) is 11.5 Å². The van der Waals surface area contributed by atoms with Crippen molar-refractivity contribution in [3.8, 4) is 0 Å². The van der Waals surface area contributed by atoms with Gasteiger partial charge in [0, 0.05) is 31.2 Å². The van der Waals surface area contributed by atoms with Crippen molar-refractivity contribution >= 4 is 38.7 Å². The zero-order valence-electron chi connectivity index (χ0n) is 12.3. The number of likely N-dealkylation sites (tertiary alicyclic amines) is 1. The number of hydrogen-bond acceptors (Lipinski definition) is 3. The molecule has 7 heteroatoms. The van der Waals surface area contributed by atoms with Gasteiger partial charge in [0.25, 0.3) is 0 Å². The van der Waals surface area contributed by atoms with Crippen LogP contribution in [0.5, 0.6) is 0 Å². The van der Waals surface area contributed by atoms with Gasteiger partial charge >= 0.3 is 6.03 Å². The number of primary amides is 1. The Bertz CT molecular complexity index is 691. The van der Waals surface area contributed by atoms with Crippen molar-refractivity contribution in [2.45, 2.75) is 25.8 Å². The summed E-state index contributed by atoms with van der Waals surface area (Å²) in [5.41, 5.74) is 12.2. The molecular formula is C15H20BrN5O. The average Bonchev–Trinajstić information content (AvgIpc) is 2.93. The lowest BCUT2D eigenvalue weighted by Crippen LogP contribution is -2.41. The number of piperidine rings is 1. The molecule has 3 rings (SSSR count). The molecule has 1 fully saturated rings. The van der Waals surface area contributed by atoms with E-state index in [0.29, 0.717) is 11.7 Å². The van der Waals surface area contributed by atoms with Gasteiger partial charge in [-0.3, -0.25) is 0 Å². The Balaban J connectivity index is 1.63. The minimum absolute atomic E-state index is 0.302. The van der Waals surface area contributed by atoms with Crippen molar-refractivity contribution in [3.05, 3.63) is 22.9 Å². The Labute approximate surface area is 137 Å². The first-order valence-corrected chi connectivity index (χ1v) is 8.28. The number of fused-ring (bicyclic) bond motifs is 1. The van der Waals surface area contributed by atoms with Gasteiger partial charge in [0.2, 0.25) is 0 Å². The molecule has 0 aromatic carbocycles. The number of carbonyl (C=O) groups is 1. The standard InChI is InChI=1S/C15H20BrN5O/c16-13-11-4-8-20(12(11)9-19-14(13)17)5-1-10-2-6-21(7-3-10)15(18)22/h4,8-10H,1-3,5-7H2,(H2,17,19)(H2,18,22). The third-order valence-corrected chi connectivity index (χ3v) is 5.33. The number of carbonyl (C=O) groups excluding carboxylic acids is 1. The summed E-state index contributed by atoms with van der Waals surface area (Å²) in [6.45, 7) is 2.49. The minimum atomic E-state index is -0.302. The van der Waals surface area contributed by atoms with Crippen molar-refractivity contribution in [1.82, 2.24) is 14.5 Å². The molecule has 0 radical (unpaired) electrons. The van der Waals surface area contributed by atoms with Gasteiger partial charge in [-0.25, -0.2) is 9.78 Å². The summed E-state index contributed by atoms with van der Waals surface area (Å²) in [5.74, 6) is 1.15. The van der Waals surface area contributed by atoms with Crippen molar-refractivity contribution in [3.63, 3.8) is 0 Å². The highest BCUT2D eigenvalue weighted by molar-refractivity contribution is 9.10. The third-order valence-electron chi connectivity index (χ3n) is 4.50. The van der Waals surface area contributed by atoms with Gasteiger partial charge in [-0.15, -0.1) is 0 Å². The lowest BCUT2D eigenvalue weighted by atomic mass is 9.94. The molecule has 0 unspecified atom stereocenters. The van der Waals surface area contributed by atoms with Crippen molar-refractivity contribution in [1.29, 1.82) is 0 Å². The number of aryl methyl sites for hydroxylation is 1. The summed E-state index contributed by atoms with van der Waals surface area (Å²) in [6, 6.07) is 1.76. The molecule has 2 aromatic heterocycles. The predicted molar refractivity (Wildman–Crippen MR) is 90.3 cm³/mol. The summed E-state index contributed by atoms with van der Waals surface area (Å²) < 4.78 is 3.08. The van der Waals surface area contributed by atoms with Gasteiger partial charge in [0.1, 0.15) is 5.82 Å². The fraction of sp³-hybridized carbons (Fsp3) is 0.467. The lowest BCUT2D eigenvalue weighted by molar-refractivity contribution is 0.175. The first kappa shape index (κ1) is 15.1. The number of nitrogen functional groups attached to an aromatic ring is 1. The van der Waals surface area contributed by atoms with Crippen LogP contribution in [0.4, 0.5) is 10.6 Å². The van der Waals surface area contributed by atoms with Crippen LogP contribution in [0.2, 0.25) is 0 Å². The van der Waals surface area contributed by atoms with Crippen molar-refractivity contribution in [2.75, 3.05) is 18.8 Å². The number of rotatable bonds is 3. The van der Waals surface area contributed by atoms with Gasteiger partial charge in [0.05, 0.1) is 16.2 Å². The highest BCUT2D eigenvalue weighted by Crippen LogP contribution is 2.29. The van der Waals surface area contributed by atoms with Crippen LogP contribution in [0.25, 0.3) is 10.9 Å². The largest absolute Gasteiger partial charge is 0.383 e. The molecule has 0 bridgehead atoms. The molecule has 3 heterocycles. The molecule has 2 amide bonds. The number of urea groups is 1. The maximum Gasteiger partial charge on any atom is 0.314 e. The molecular weight excluding hydrogens is 346 g/mol. The van der Waals surface area contributed by atoms with E-state index in [0.717, 1.165) is 54.3 Å². The summed E-state index contributed by atoms with van der Waals surface area (Å²) in [7, 11) is 0. The number of pyridine rings is 1. The van der Waals surface area contributed by atoms with Crippen LogP contribution in [0, 0.1) is 5.92 Å². The second kappa shape index (κ2) is 6.16. The number of anilines is 1. The molecule has 1 aliphatic heterocycles. The van der Waals surface area contributed by atoms with Gasteiger partial charge in [-0.05, 0) is 47.2 Å². The molecule has 0 aliphatic carbocycles. The Morgan fingerprint density at radius 1 is 1.41 bits per heavy atom. The number of hydrogen-bond donors (Lipinski definition) is 2. The minimum Gasteiger partial charge on any atom is -0.383 e. The molecule has 22 heavy (non-hydrogen) atoms. The monoisotopic (exact) mass is 365 g/mol. The summed E-state index contributed by atoms with van der Waals surface area (Å²) in [6.07, 6.45) is 7.05. The molecule has 2 aromatic rings. The summed E-state index contributed by atoms with van der Waals surface area (Å²) >= 11 is 3.49. The average molecular weight is 366 g/mol. The zero-order chi connectivity index (χ0) is 15.7. The van der Waals surface area contributed by atoms with Crippen LogP contribution in [0.3, 0.4) is 0 Å². The third kappa shape index (κ3) is 2.90. The molecule has 0 atom stereocenters. The molecule has 0 saturated carbocycles. The summed E-state index contributed by atoms with van der Waals surface area (Å²) in [5, 5.41) is 1.09. The van der Waals surface area contributed by atoms with E-state index in [-0.39, 0.29) is 6.03 Å². The van der Waals surface area contributed by atoms with Gasteiger partial charge in [0.15, 0.2) is 0 Å². The van der Waals surface area contributed by atoms with Crippen LogP contribution in [-0.4, -0.2) is 33.6 Å². The van der Waals surface area contributed by atoms with Crippen LogP contribution in [0.15, 0.2) is 22.9 Å². The van der Waals surface area contributed by atoms with E-state index in [1.54, 1.807) is 4.90 Å². The SMILES string of the molecule is NC(=O)N1CCC(CCn2ccc3c(Br)c(N)ncc32)CC1. The van der Waals surface area contributed by atoms with E-state index < -0.39 is 0 Å². The van der Waals surface area contributed by atoms with E-state index in [9.17, 15) is 4.79 Å². The number of amides is 2. The van der Waals surface area contributed by atoms with Gasteiger partial charge in [-0.2, -0.15) is 0 Å². The van der Waals surface area contributed by atoms with E-state index in [1.807, 2.05) is 6.20 Å². The second-order valence-corrected chi connectivity index (χ2v) is 6.62. The number of nitrogens with zero attached hydrogens (tertiary/aromatic N) is 3. The molecule has 118 valence electrons. The highest BCUT2D eigenvalue weighted by atomic mass is 79.9. The Hall–Kier alpha value is -1.76. The van der Waals surface area contributed by atoms with Crippen LogP contribution < -0.4 is 11.5 Å². The second-order valence-electron chi connectivity index (χ2n) is 5.82. The van der Waals surface area contributed by atoms with Gasteiger partial charge < -0.3 is 20.9 Å². The van der Waals surface area contributed by atoms with Gasteiger partial charge in [-0.1, -0.05) is 0 Å². The number of nitrogens with two attached hydrogens (primary N) is 2. The molecule has 6 nitrogen and oxygen atoms in total. The number of halogens is 1. The Morgan fingerprint density at radius 3 is 2.82 bits per heavy atom. The Kier molecular flexibility index (Phi) is 4.24. The fourth-order valence-corrected chi connectivity index (χ4v) is 3.54. The van der Waals surface area contributed by atoms with Crippen LogP contribution >= 0.6 is 15.9 Å². The van der Waals surface area contributed by atoms with Crippen molar-refractivity contribution in [2.24, 2.45) is 11.7 Å². The van der Waals surface area contributed by atoms with Crippen molar-refractivity contribution < 1.29 is 4.79 Å². The van der Waals surface area contributed by atoms with E-state index in [1.165, 1.54) is 0 Å². The molecule has 1 saturated heterocycles. The number of aromatic nitrogens is 2. The fourth-order valence-electron chi connectivity index (χ4n) is 3.10. The molecule has 4 N–H and O–H groups in total. The maximum atomic E-state index is 11.1. The first-order valence-electron chi connectivity index (χ1n) is 7.49. The topological polar surface area (TPSA) is 90.2 Å².